The van der Waals surface area contributed by atoms with Gasteiger partial charge in [-0.05, 0) is 11.8 Å². The zero-order chi connectivity index (χ0) is 15.1. The maximum absolute atomic E-state index is 5.27. The van der Waals surface area contributed by atoms with E-state index in [-0.39, 0.29) is 5.41 Å². The quantitative estimate of drug-likeness (QED) is 0.409. The Labute approximate surface area is 124 Å². The van der Waals surface area contributed by atoms with E-state index in [0.717, 1.165) is 32.3 Å². The molecule has 118 valence electrons. The van der Waals surface area contributed by atoms with Crippen molar-refractivity contribution in [2.24, 2.45) is 15.8 Å². The molecule has 0 amide bonds. The number of hydrogen-bond donors (Lipinski definition) is 2. The van der Waals surface area contributed by atoms with E-state index in [9.17, 15) is 0 Å². The molecule has 4 nitrogen and oxygen atoms in total. The van der Waals surface area contributed by atoms with Crippen LogP contribution in [0.2, 0.25) is 0 Å². The third kappa shape index (κ3) is 6.12. The molecule has 0 bridgehead atoms. The molecule has 1 aliphatic heterocycles. The minimum Gasteiger partial charge on any atom is -0.380 e. The Bertz CT molecular complexity index is 309. The van der Waals surface area contributed by atoms with Crippen LogP contribution in [0, 0.1) is 10.8 Å². The van der Waals surface area contributed by atoms with Crippen molar-refractivity contribution in [1.82, 2.24) is 10.6 Å². The van der Waals surface area contributed by atoms with E-state index >= 15 is 0 Å². The van der Waals surface area contributed by atoms with Gasteiger partial charge in [-0.3, -0.25) is 4.99 Å². The molecule has 2 N–H and O–H groups in total. The topological polar surface area (TPSA) is 45.7 Å². The molecule has 0 aromatic heterocycles. The second-order valence-corrected chi connectivity index (χ2v) is 7.20. The van der Waals surface area contributed by atoms with E-state index in [0.29, 0.717) is 5.41 Å². The molecule has 0 atom stereocenters. The molecule has 20 heavy (non-hydrogen) atoms. The van der Waals surface area contributed by atoms with Crippen molar-refractivity contribution < 1.29 is 4.74 Å². The fourth-order valence-electron chi connectivity index (χ4n) is 2.34. The molecular formula is C16H33N3O. The van der Waals surface area contributed by atoms with Gasteiger partial charge in [0.15, 0.2) is 5.96 Å². The van der Waals surface area contributed by atoms with Gasteiger partial charge in [0, 0.05) is 25.6 Å². The summed E-state index contributed by atoms with van der Waals surface area (Å²) in [7, 11) is 1.83. The highest BCUT2D eigenvalue weighted by Gasteiger charge is 2.33. The molecule has 1 heterocycles. The van der Waals surface area contributed by atoms with Crippen molar-refractivity contribution in [3.63, 3.8) is 0 Å². The summed E-state index contributed by atoms with van der Waals surface area (Å²) in [5.41, 5.74) is 0.588. The Hall–Kier alpha value is -0.770. The highest BCUT2D eigenvalue weighted by molar-refractivity contribution is 5.79. The lowest BCUT2D eigenvalue weighted by Crippen LogP contribution is -2.51. The van der Waals surface area contributed by atoms with Gasteiger partial charge in [-0.15, -0.1) is 0 Å². The number of nitrogens with one attached hydrogen (secondary N) is 2. The van der Waals surface area contributed by atoms with Crippen molar-refractivity contribution in [2.45, 2.75) is 53.4 Å². The van der Waals surface area contributed by atoms with Crippen LogP contribution in [0.5, 0.6) is 0 Å². The molecular weight excluding hydrogens is 250 g/mol. The third-order valence-corrected chi connectivity index (χ3v) is 4.00. The average Bonchev–Trinajstić information content (AvgIpc) is 2.37. The van der Waals surface area contributed by atoms with Crippen LogP contribution in [0.25, 0.3) is 0 Å². The highest BCUT2D eigenvalue weighted by Crippen LogP contribution is 2.25. The van der Waals surface area contributed by atoms with Crippen molar-refractivity contribution in [2.75, 3.05) is 33.4 Å². The lowest BCUT2D eigenvalue weighted by molar-refractivity contribution is -0.0971. The third-order valence-electron chi connectivity index (χ3n) is 4.00. The summed E-state index contributed by atoms with van der Waals surface area (Å²) in [6, 6.07) is 0. The lowest BCUT2D eigenvalue weighted by Gasteiger charge is -2.38. The van der Waals surface area contributed by atoms with Crippen LogP contribution in [0.15, 0.2) is 4.99 Å². The summed E-state index contributed by atoms with van der Waals surface area (Å²) in [5, 5.41) is 6.87. The molecule has 0 radical (unpaired) electrons. The first-order chi connectivity index (χ1) is 9.41. The predicted octanol–water partition coefficient (Wildman–Crippen LogP) is 2.79. The minimum atomic E-state index is 0.272. The highest BCUT2D eigenvalue weighted by atomic mass is 16.5. The maximum atomic E-state index is 5.27. The number of guanidine groups is 1. The van der Waals surface area contributed by atoms with Gasteiger partial charge in [0.05, 0.1) is 13.2 Å². The zero-order valence-corrected chi connectivity index (χ0v) is 14.0. The molecule has 1 saturated heterocycles. The Kier molecular flexibility index (Phi) is 6.80. The fraction of sp³-hybridized carbons (Fsp3) is 0.938. The van der Waals surface area contributed by atoms with Crippen LogP contribution in [-0.4, -0.2) is 39.3 Å². The zero-order valence-electron chi connectivity index (χ0n) is 14.0. The molecule has 0 aliphatic carbocycles. The molecule has 0 aromatic rings. The summed E-state index contributed by atoms with van der Waals surface area (Å²) < 4.78 is 5.27. The van der Waals surface area contributed by atoms with E-state index in [2.05, 4.69) is 43.3 Å². The molecule has 0 unspecified atom stereocenters. The molecule has 1 fully saturated rings. The van der Waals surface area contributed by atoms with Gasteiger partial charge in [0.1, 0.15) is 0 Å². The second-order valence-electron chi connectivity index (χ2n) is 7.20. The fourth-order valence-corrected chi connectivity index (χ4v) is 2.34. The molecule has 0 saturated carbocycles. The summed E-state index contributed by atoms with van der Waals surface area (Å²) in [6.45, 7) is 12.7. The van der Waals surface area contributed by atoms with Gasteiger partial charge >= 0.3 is 0 Å². The van der Waals surface area contributed by atoms with Gasteiger partial charge < -0.3 is 15.4 Å². The second kappa shape index (κ2) is 7.87. The molecule has 4 heteroatoms. The molecule has 0 spiro atoms. The van der Waals surface area contributed by atoms with Gasteiger partial charge in [-0.25, -0.2) is 0 Å². The smallest absolute Gasteiger partial charge is 0.191 e. The predicted molar refractivity (Wildman–Crippen MR) is 86.2 cm³/mol. The van der Waals surface area contributed by atoms with Gasteiger partial charge in [0.25, 0.3) is 0 Å². The molecule has 1 aliphatic rings. The van der Waals surface area contributed by atoms with Crippen LogP contribution >= 0.6 is 0 Å². The van der Waals surface area contributed by atoms with E-state index in [1.54, 1.807) is 0 Å². The van der Waals surface area contributed by atoms with E-state index < -0.39 is 0 Å². The van der Waals surface area contributed by atoms with E-state index in [4.69, 9.17) is 4.74 Å². The maximum Gasteiger partial charge on any atom is 0.191 e. The first-order valence-electron chi connectivity index (χ1n) is 7.93. The van der Waals surface area contributed by atoms with E-state index in [1.807, 2.05) is 7.05 Å². The van der Waals surface area contributed by atoms with Gasteiger partial charge in [-0.2, -0.15) is 0 Å². The summed E-state index contributed by atoms with van der Waals surface area (Å²) in [6.07, 6.45) is 5.19. The molecule has 1 rings (SSSR count). The van der Waals surface area contributed by atoms with Gasteiger partial charge in [-0.1, -0.05) is 47.0 Å². The van der Waals surface area contributed by atoms with Crippen LogP contribution in [0.3, 0.4) is 0 Å². The minimum absolute atomic E-state index is 0.272. The standard InChI is InChI=1S/C16H33N3O/c1-6-7-8-9-15(2,3)10-18-14(17-5)19-11-16(4)12-20-13-16/h6-13H2,1-5H3,(H2,17,18,19). The van der Waals surface area contributed by atoms with Crippen molar-refractivity contribution in [1.29, 1.82) is 0 Å². The van der Waals surface area contributed by atoms with Crippen LogP contribution in [0.4, 0.5) is 0 Å². The number of ether oxygens (including phenoxy) is 1. The largest absolute Gasteiger partial charge is 0.380 e. The van der Waals surface area contributed by atoms with Crippen LogP contribution in [0.1, 0.15) is 53.4 Å². The summed E-state index contributed by atoms with van der Waals surface area (Å²) >= 11 is 0. The molecule has 0 aromatic carbocycles. The average molecular weight is 283 g/mol. The summed E-state index contributed by atoms with van der Waals surface area (Å²) in [4.78, 5) is 4.30. The van der Waals surface area contributed by atoms with Crippen LogP contribution in [-0.2, 0) is 4.74 Å². The van der Waals surface area contributed by atoms with Crippen molar-refractivity contribution >= 4 is 5.96 Å². The van der Waals surface area contributed by atoms with Crippen LogP contribution < -0.4 is 10.6 Å². The Morgan fingerprint density at radius 3 is 2.45 bits per heavy atom. The Balaban J connectivity index is 2.26. The number of aliphatic imine (C=N–C) groups is 1. The summed E-state index contributed by atoms with van der Waals surface area (Å²) in [5.74, 6) is 0.904. The number of rotatable bonds is 8. The monoisotopic (exact) mass is 283 g/mol. The Morgan fingerprint density at radius 1 is 1.25 bits per heavy atom. The number of unbranched alkanes of at least 4 members (excludes halogenated alkanes) is 2. The number of nitrogens with zero attached hydrogens (tertiary/aromatic N) is 1. The SMILES string of the molecule is CCCCCC(C)(C)CNC(=NC)NCC1(C)COC1. The van der Waals surface area contributed by atoms with Crippen molar-refractivity contribution in [3.8, 4) is 0 Å². The Morgan fingerprint density at radius 2 is 1.95 bits per heavy atom. The normalized spacial score (nSPS) is 18.6. The van der Waals surface area contributed by atoms with Gasteiger partial charge in [0.2, 0.25) is 0 Å². The van der Waals surface area contributed by atoms with E-state index in [1.165, 1.54) is 25.7 Å². The first-order valence-corrected chi connectivity index (χ1v) is 7.93. The van der Waals surface area contributed by atoms with Crippen molar-refractivity contribution in [3.05, 3.63) is 0 Å². The number of hydrogen-bond acceptors (Lipinski definition) is 2. The first kappa shape index (κ1) is 17.3. The lowest BCUT2D eigenvalue weighted by atomic mass is 9.87.